The Bertz CT molecular complexity index is 2620. The van der Waals surface area contributed by atoms with E-state index in [0.717, 1.165) is 43.4 Å². The van der Waals surface area contributed by atoms with Gasteiger partial charge in [0.2, 0.25) is 0 Å². The van der Waals surface area contributed by atoms with Crippen LogP contribution in [0, 0.1) is 0 Å². The van der Waals surface area contributed by atoms with Crippen molar-refractivity contribution in [2.24, 2.45) is 0 Å². The number of halogens is 1. The molecule has 11 atom stereocenters. The molecule has 1 saturated heterocycles. The number of hydrogen-bond acceptors (Lipinski definition) is 11. The molecule has 1 heterocycles. The van der Waals surface area contributed by atoms with Crippen LogP contribution in [0.1, 0.15) is 38.9 Å². The maximum absolute atomic E-state index is 12.6. The van der Waals surface area contributed by atoms with Crippen LogP contribution in [0.2, 0.25) is 0 Å². The van der Waals surface area contributed by atoms with Crippen LogP contribution >= 0.6 is 15.9 Å². The van der Waals surface area contributed by atoms with Gasteiger partial charge in [0.1, 0.15) is 61.0 Å². The molecule has 1 saturated carbocycles. The van der Waals surface area contributed by atoms with E-state index in [9.17, 15) is 10.2 Å². The van der Waals surface area contributed by atoms with Crippen LogP contribution in [0.25, 0.3) is 0 Å². The molecule has 2 fully saturated rings. The Balaban J connectivity index is 1.10. The Morgan fingerprint density at radius 3 is 1.04 bits per heavy atom. The number of ether oxygens (including phenoxy) is 9. The zero-order valence-electron chi connectivity index (χ0n) is 40.6. The second-order valence-electron chi connectivity index (χ2n) is 18.3. The first kappa shape index (κ1) is 52.4. The number of aliphatic hydroxyl groups is 2. The molecular weight excluding hydrogens is 989 g/mol. The zero-order valence-corrected chi connectivity index (χ0v) is 42.2. The molecule has 7 aromatic carbocycles. The van der Waals surface area contributed by atoms with Gasteiger partial charge in [-0.3, -0.25) is 0 Å². The minimum Gasteiger partial charge on any atom is -0.387 e. The van der Waals surface area contributed by atoms with Crippen LogP contribution in [-0.2, 0) is 88.9 Å². The summed E-state index contributed by atoms with van der Waals surface area (Å²) in [5, 5.41) is 24.9. The van der Waals surface area contributed by atoms with E-state index in [2.05, 4.69) is 15.9 Å². The van der Waals surface area contributed by atoms with E-state index in [1.54, 1.807) is 0 Å². The third kappa shape index (κ3) is 14.9. The molecule has 0 aromatic heterocycles. The van der Waals surface area contributed by atoms with E-state index in [4.69, 9.17) is 42.6 Å². The van der Waals surface area contributed by atoms with E-state index >= 15 is 0 Å². The third-order valence-electron chi connectivity index (χ3n) is 13.1. The van der Waals surface area contributed by atoms with Gasteiger partial charge in [0.25, 0.3) is 0 Å². The molecule has 73 heavy (non-hydrogen) atoms. The highest BCUT2D eigenvalue weighted by Gasteiger charge is 2.56. The van der Waals surface area contributed by atoms with Crippen molar-refractivity contribution in [3.63, 3.8) is 0 Å². The molecule has 0 spiro atoms. The predicted molar refractivity (Wildman–Crippen MR) is 279 cm³/mol. The average molecular weight is 1050 g/mol. The van der Waals surface area contributed by atoms with Gasteiger partial charge in [0.15, 0.2) is 6.29 Å². The first-order valence-electron chi connectivity index (χ1n) is 24.9. The molecule has 1 aliphatic carbocycles. The van der Waals surface area contributed by atoms with Crippen molar-refractivity contribution in [3.8, 4) is 0 Å². The van der Waals surface area contributed by atoms with Crippen molar-refractivity contribution in [1.82, 2.24) is 0 Å². The van der Waals surface area contributed by atoms with Crippen molar-refractivity contribution in [2.45, 2.75) is 114 Å². The summed E-state index contributed by atoms with van der Waals surface area (Å²) >= 11 is 3.52. The van der Waals surface area contributed by atoms with Crippen molar-refractivity contribution >= 4 is 15.9 Å². The number of hydrogen-bond donors (Lipinski definition) is 2. The second kappa shape index (κ2) is 27.2. The lowest BCUT2D eigenvalue weighted by Gasteiger charge is -2.50. The monoisotopic (exact) mass is 1050 g/mol. The van der Waals surface area contributed by atoms with Gasteiger partial charge >= 0.3 is 0 Å². The normalized spacial score (nSPS) is 25.1. The Hall–Kier alpha value is -5.42. The summed E-state index contributed by atoms with van der Waals surface area (Å²) < 4.78 is 62.9. The van der Waals surface area contributed by atoms with Crippen LogP contribution in [0.4, 0.5) is 0 Å². The fourth-order valence-corrected chi connectivity index (χ4v) is 9.46. The first-order chi connectivity index (χ1) is 35.9. The Morgan fingerprint density at radius 2 is 0.630 bits per heavy atom. The molecular formula is C61H63BrO11. The number of aliphatic hydroxyl groups excluding tert-OH is 2. The van der Waals surface area contributed by atoms with Crippen molar-refractivity contribution < 1.29 is 52.8 Å². The van der Waals surface area contributed by atoms with Gasteiger partial charge in [-0.2, -0.15) is 0 Å². The van der Waals surface area contributed by atoms with Crippen LogP contribution < -0.4 is 0 Å². The van der Waals surface area contributed by atoms with E-state index in [0.29, 0.717) is 6.61 Å². The molecule has 1 aliphatic heterocycles. The number of benzene rings is 7. The Labute approximate surface area is 436 Å². The molecule has 2 aliphatic rings. The van der Waals surface area contributed by atoms with Gasteiger partial charge in [0, 0.05) is 4.47 Å². The summed E-state index contributed by atoms with van der Waals surface area (Å²) in [4.78, 5) is 0. The highest BCUT2D eigenvalue weighted by atomic mass is 79.9. The molecule has 0 unspecified atom stereocenters. The molecule has 0 amide bonds. The third-order valence-corrected chi connectivity index (χ3v) is 13.6. The minimum atomic E-state index is -1.56. The maximum atomic E-state index is 12.6. The molecule has 9 rings (SSSR count). The van der Waals surface area contributed by atoms with Crippen molar-refractivity contribution in [1.29, 1.82) is 0 Å². The summed E-state index contributed by atoms with van der Waals surface area (Å²) in [6.07, 6.45) is -11.9. The van der Waals surface area contributed by atoms with E-state index in [-0.39, 0.29) is 46.2 Å². The average Bonchev–Trinajstić information content (AvgIpc) is 3.44. The van der Waals surface area contributed by atoms with Crippen molar-refractivity contribution in [2.75, 3.05) is 6.61 Å². The lowest BCUT2D eigenvalue weighted by atomic mass is 9.83. The van der Waals surface area contributed by atoms with Gasteiger partial charge in [-0.05, 0) is 51.1 Å². The summed E-state index contributed by atoms with van der Waals surface area (Å²) in [6, 6.07) is 66.9. The summed E-state index contributed by atoms with van der Waals surface area (Å²) in [5.41, 5.74) is 6.46. The summed E-state index contributed by atoms with van der Waals surface area (Å²) in [7, 11) is 0. The lowest BCUT2D eigenvalue weighted by molar-refractivity contribution is -0.361. The predicted octanol–water partition coefficient (Wildman–Crippen LogP) is 10.3. The Morgan fingerprint density at radius 1 is 0.329 bits per heavy atom. The van der Waals surface area contributed by atoms with Crippen LogP contribution in [0.5, 0.6) is 0 Å². The van der Waals surface area contributed by atoms with E-state index < -0.39 is 67.3 Å². The summed E-state index contributed by atoms with van der Waals surface area (Å²) in [5.74, 6) is 0. The molecule has 0 bridgehead atoms. The molecule has 7 aromatic rings. The van der Waals surface area contributed by atoms with Gasteiger partial charge in [-0.1, -0.05) is 210 Å². The molecule has 11 nitrogen and oxygen atoms in total. The van der Waals surface area contributed by atoms with Crippen LogP contribution in [0.3, 0.4) is 0 Å². The van der Waals surface area contributed by atoms with E-state index in [1.165, 1.54) is 0 Å². The second-order valence-corrected chi connectivity index (χ2v) is 19.2. The standard InChI is InChI=1S/C61H63BrO11/c62-50-33-31-49(32-34-50)41-67-55-52(63)53(64)56(59(70-39-47-27-15-5-16-28-47)58(55)69-38-46-25-13-4-14-26-46)73-61-60(71-40-48-29-17-6-18-30-48)57(68-37-45-23-11-3-12-24-45)54(66-36-44-21-9-2-10-22-44)51(72-61)42-65-35-43-19-7-1-8-20-43/h1-34,51-61,63-64H,35-42H2/t51-,52+,53+,54-,55-,56-,57+,58-,59+,60+,61-/m1/s1. The molecule has 12 heteroatoms. The quantitative estimate of drug-likeness (QED) is 0.0601. The topological polar surface area (TPSA) is 124 Å². The van der Waals surface area contributed by atoms with E-state index in [1.807, 2.05) is 206 Å². The van der Waals surface area contributed by atoms with Crippen LogP contribution in [0.15, 0.2) is 211 Å². The van der Waals surface area contributed by atoms with Gasteiger partial charge in [-0.15, -0.1) is 0 Å². The smallest absolute Gasteiger partial charge is 0.187 e. The van der Waals surface area contributed by atoms with Crippen molar-refractivity contribution in [3.05, 3.63) is 250 Å². The fourth-order valence-electron chi connectivity index (χ4n) is 9.20. The molecule has 380 valence electrons. The maximum Gasteiger partial charge on any atom is 0.187 e. The van der Waals surface area contributed by atoms with Gasteiger partial charge in [0.05, 0.1) is 52.9 Å². The zero-order chi connectivity index (χ0) is 50.0. The van der Waals surface area contributed by atoms with Gasteiger partial charge < -0.3 is 52.8 Å². The highest BCUT2D eigenvalue weighted by Crippen LogP contribution is 2.37. The largest absolute Gasteiger partial charge is 0.387 e. The minimum absolute atomic E-state index is 0.0867. The fraction of sp³-hybridized carbons (Fsp3) is 0.311. The Kier molecular flexibility index (Phi) is 19.5. The molecule has 2 N–H and O–H groups in total. The first-order valence-corrected chi connectivity index (χ1v) is 25.7. The highest BCUT2D eigenvalue weighted by molar-refractivity contribution is 9.10. The van der Waals surface area contributed by atoms with Crippen LogP contribution in [-0.4, -0.2) is 84.1 Å². The van der Waals surface area contributed by atoms with Gasteiger partial charge in [-0.25, -0.2) is 0 Å². The SMILES string of the molecule is O[C@H]1[C@H](O)[C@@H](OCc2ccc(Br)cc2)[C@@H](OCc2ccccc2)[C@@H](OCc2ccccc2)[C@@H]1O[C@H]1O[C@H](COCc2ccccc2)[C@@H](OCc2ccccc2)[C@H](OCc2ccccc2)[C@@H]1OCc1ccccc1. The summed E-state index contributed by atoms with van der Waals surface area (Å²) in [6.45, 7) is 1.44. The number of rotatable bonds is 24. The molecule has 0 radical (unpaired) electrons. The lowest BCUT2D eigenvalue weighted by Crippen LogP contribution is -2.69.